The highest BCUT2D eigenvalue weighted by Crippen LogP contribution is 2.12. The van der Waals surface area contributed by atoms with Gasteiger partial charge in [-0.1, -0.05) is 6.58 Å². The average Bonchev–Trinajstić information content (AvgIpc) is 2.88. The van der Waals surface area contributed by atoms with Crippen LogP contribution in [0.5, 0.6) is 0 Å². The standard InChI is InChI=1S/C9H14O3.C3H8O3/c1-7(2)9(10)12-6-8-4-3-5-11-8;4-1-3(6)2-5/h8H,1,3-6H2,2H3;3-6H,1-2H2. The Hall–Kier alpha value is -0.950. The summed E-state index contributed by atoms with van der Waals surface area (Å²) in [6.07, 6.45) is 1.21. The molecule has 0 aromatic rings. The summed E-state index contributed by atoms with van der Waals surface area (Å²) in [6, 6.07) is 0. The molecule has 18 heavy (non-hydrogen) atoms. The Kier molecular flexibility index (Phi) is 9.49. The zero-order valence-electron chi connectivity index (χ0n) is 10.7. The number of esters is 1. The van der Waals surface area contributed by atoms with Crippen LogP contribution in [0.25, 0.3) is 0 Å². The number of carbonyl (C=O) groups excluding carboxylic acids is 1. The second-order valence-electron chi connectivity index (χ2n) is 4.03. The van der Waals surface area contributed by atoms with E-state index in [0.29, 0.717) is 12.2 Å². The monoisotopic (exact) mass is 262 g/mol. The van der Waals surface area contributed by atoms with Crippen LogP contribution >= 0.6 is 0 Å². The van der Waals surface area contributed by atoms with Gasteiger partial charge in [0.1, 0.15) is 12.7 Å². The molecule has 1 saturated heterocycles. The van der Waals surface area contributed by atoms with Gasteiger partial charge in [0.15, 0.2) is 0 Å². The molecule has 0 radical (unpaired) electrons. The Balaban J connectivity index is 0.000000411. The van der Waals surface area contributed by atoms with E-state index < -0.39 is 6.10 Å². The zero-order valence-corrected chi connectivity index (χ0v) is 10.7. The normalized spacial score (nSPS) is 18.2. The summed E-state index contributed by atoms with van der Waals surface area (Å²) < 4.78 is 10.2. The second-order valence-corrected chi connectivity index (χ2v) is 4.03. The Morgan fingerprint density at radius 3 is 2.44 bits per heavy atom. The number of carbonyl (C=O) groups is 1. The number of ether oxygens (including phenoxy) is 2. The van der Waals surface area contributed by atoms with Gasteiger partial charge in [0.05, 0.1) is 19.3 Å². The molecule has 0 amide bonds. The highest BCUT2D eigenvalue weighted by molar-refractivity contribution is 5.86. The minimum atomic E-state index is -0.954. The van der Waals surface area contributed by atoms with Crippen molar-refractivity contribution < 1.29 is 29.6 Å². The molecular formula is C12H22O6. The Labute approximate surface area is 107 Å². The lowest BCUT2D eigenvalue weighted by Crippen LogP contribution is -2.17. The molecule has 6 heteroatoms. The maximum absolute atomic E-state index is 10.9. The molecule has 1 rings (SSSR count). The third-order valence-corrected chi connectivity index (χ3v) is 2.19. The van der Waals surface area contributed by atoms with Gasteiger partial charge in [-0.05, 0) is 19.8 Å². The molecule has 0 spiro atoms. The molecule has 0 saturated carbocycles. The van der Waals surface area contributed by atoms with E-state index in [1.807, 2.05) is 0 Å². The lowest BCUT2D eigenvalue weighted by atomic mass is 10.2. The number of hydrogen-bond acceptors (Lipinski definition) is 6. The van der Waals surface area contributed by atoms with E-state index in [9.17, 15) is 4.79 Å². The third-order valence-electron chi connectivity index (χ3n) is 2.19. The summed E-state index contributed by atoms with van der Waals surface area (Å²) in [6.45, 7) is 5.55. The van der Waals surface area contributed by atoms with Crippen LogP contribution in [0, 0.1) is 0 Å². The molecule has 6 nitrogen and oxygen atoms in total. The van der Waals surface area contributed by atoms with Crippen LogP contribution in [0.15, 0.2) is 12.2 Å². The van der Waals surface area contributed by atoms with E-state index in [4.69, 9.17) is 24.8 Å². The van der Waals surface area contributed by atoms with E-state index in [0.717, 1.165) is 19.4 Å². The first-order valence-electron chi connectivity index (χ1n) is 5.85. The highest BCUT2D eigenvalue weighted by atomic mass is 16.6. The molecule has 1 aliphatic rings. The van der Waals surface area contributed by atoms with Crippen LogP contribution < -0.4 is 0 Å². The van der Waals surface area contributed by atoms with Crippen LogP contribution in [0.2, 0.25) is 0 Å². The SMILES string of the molecule is C=C(C)C(=O)OCC1CCCO1.OCC(O)CO. The molecule has 1 fully saturated rings. The molecule has 3 N–H and O–H groups in total. The molecule has 0 bridgehead atoms. The summed E-state index contributed by atoms with van der Waals surface area (Å²) >= 11 is 0. The Morgan fingerprint density at radius 1 is 1.50 bits per heavy atom. The number of aliphatic hydroxyl groups is 3. The van der Waals surface area contributed by atoms with Crippen LogP contribution in [-0.2, 0) is 14.3 Å². The van der Waals surface area contributed by atoms with E-state index in [2.05, 4.69) is 6.58 Å². The molecule has 1 aliphatic heterocycles. The predicted octanol–water partition coefficient (Wildman–Crippen LogP) is -0.383. The smallest absolute Gasteiger partial charge is 0.333 e. The van der Waals surface area contributed by atoms with E-state index in [-0.39, 0.29) is 25.3 Å². The van der Waals surface area contributed by atoms with Gasteiger partial charge in [-0.25, -0.2) is 4.79 Å². The third kappa shape index (κ3) is 8.19. The summed E-state index contributed by atoms with van der Waals surface area (Å²) in [5.74, 6) is -0.328. The molecule has 1 heterocycles. The van der Waals surface area contributed by atoms with Crippen LogP contribution in [0.1, 0.15) is 19.8 Å². The second kappa shape index (κ2) is 10.0. The van der Waals surface area contributed by atoms with Gasteiger partial charge >= 0.3 is 5.97 Å². The fourth-order valence-corrected chi connectivity index (χ4v) is 1.13. The van der Waals surface area contributed by atoms with Crippen LogP contribution in [0.4, 0.5) is 0 Å². The van der Waals surface area contributed by atoms with Crippen molar-refractivity contribution in [1.29, 1.82) is 0 Å². The summed E-state index contributed by atoms with van der Waals surface area (Å²) in [7, 11) is 0. The van der Waals surface area contributed by atoms with Crippen molar-refractivity contribution in [2.24, 2.45) is 0 Å². The van der Waals surface area contributed by atoms with E-state index >= 15 is 0 Å². The van der Waals surface area contributed by atoms with Gasteiger partial charge in [-0.3, -0.25) is 0 Å². The number of hydrogen-bond donors (Lipinski definition) is 3. The average molecular weight is 262 g/mol. The Bertz CT molecular complexity index is 243. The van der Waals surface area contributed by atoms with Crippen molar-refractivity contribution in [1.82, 2.24) is 0 Å². The maximum Gasteiger partial charge on any atom is 0.333 e. The molecule has 106 valence electrons. The summed E-state index contributed by atoms with van der Waals surface area (Å²) in [4.78, 5) is 10.9. The van der Waals surface area contributed by atoms with Crippen LogP contribution in [-0.4, -0.2) is 59.9 Å². The van der Waals surface area contributed by atoms with E-state index in [1.165, 1.54) is 0 Å². The van der Waals surface area contributed by atoms with Gasteiger partial charge in [0, 0.05) is 12.2 Å². The van der Waals surface area contributed by atoms with Gasteiger partial charge in [0.2, 0.25) is 0 Å². The Morgan fingerprint density at radius 2 is 2.11 bits per heavy atom. The van der Waals surface area contributed by atoms with Crippen molar-refractivity contribution in [3.8, 4) is 0 Å². The molecule has 1 atom stereocenters. The van der Waals surface area contributed by atoms with Crippen molar-refractivity contribution >= 4 is 5.97 Å². The first-order valence-corrected chi connectivity index (χ1v) is 5.85. The predicted molar refractivity (Wildman–Crippen MR) is 64.9 cm³/mol. The van der Waals surface area contributed by atoms with Crippen LogP contribution in [0.3, 0.4) is 0 Å². The first kappa shape index (κ1) is 17.1. The fraction of sp³-hybridized carbons (Fsp3) is 0.750. The molecule has 0 aromatic heterocycles. The van der Waals surface area contributed by atoms with Crippen molar-refractivity contribution in [2.75, 3.05) is 26.4 Å². The van der Waals surface area contributed by atoms with Gasteiger partial charge in [-0.2, -0.15) is 0 Å². The quantitative estimate of drug-likeness (QED) is 0.461. The lowest BCUT2D eigenvalue weighted by Gasteiger charge is -2.09. The highest BCUT2D eigenvalue weighted by Gasteiger charge is 2.17. The van der Waals surface area contributed by atoms with Crippen molar-refractivity contribution in [2.45, 2.75) is 32.0 Å². The largest absolute Gasteiger partial charge is 0.460 e. The van der Waals surface area contributed by atoms with E-state index in [1.54, 1.807) is 6.92 Å². The van der Waals surface area contributed by atoms with Gasteiger partial charge in [-0.15, -0.1) is 0 Å². The number of rotatable bonds is 5. The number of aliphatic hydroxyl groups excluding tert-OH is 3. The lowest BCUT2D eigenvalue weighted by molar-refractivity contribution is -0.142. The minimum Gasteiger partial charge on any atom is -0.460 e. The fourth-order valence-electron chi connectivity index (χ4n) is 1.13. The molecular weight excluding hydrogens is 240 g/mol. The van der Waals surface area contributed by atoms with Crippen molar-refractivity contribution in [3.63, 3.8) is 0 Å². The molecule has 0 aliphatic carbocycles. The molecule has 0 aromatic carbocycles. The minimum absolute atomic E-state index is 0.105. The summed E-state index contributed by atoms with van der Waals surface area (Å²) in [5, 5.41) is 24.0. The summed E-state index contributed by atoms with van der Waals surface area (Å²) in [5.41, 5.74) is 0.438. The van der Waals surface area contributed by atoms with Crippen molar-refractivity contribution in [3.05, 3.63) is 12.2 Å². The molecule has 1 unspecified atom stereocenters. The maximum atomic E-state index is 10.9. The topological polar surface area (TPSA) is 96.2 Å². The van der Waals surface area contributed by atoms with Gasteiger partial charge in [0.25, 0.3) is 0 Å². The van der Waals surface area contributed by atoms with Gasteiger partial charge < -0.3 is 24.8 Å². The zero-order chi connectivity index (χ0) is 14.0. The first-order chi connectivity index (χ1) is 8.51.